The lowest BCUT2D eigenvalue weighted by Crippen LogP contribution is -2.25. The van der Waals surface area contributed by atoms with Gasteiger partial charge < -0.3 is 19.6 Å². The van der Waals surface area contributed by atoms with Crippen molar-refractivity contribution in [2.75, 3.05) is 25.4 Å². The largest absolute Gasteiger partial charge is 0.482 e. The van der Waals surface area contributed by atoms with Crippen LogP contribution >= 0.6 is 23.4 Å². The highest BCUT2D eigenvalue weighted by Crippen LogP contribution is 2.31. The molecule has 7 nitrogen and oxygen atoms in total. The smallest absolute Gasteiger partial charge is 0.341 e. The fraction of sp³-hybridized carbons (Fsp3) is 0.375. The lowest BCUT2D eigenvalue weighted by molar-refractivity contribution is -0.139. The molecule has 0 aliphatic carbocycles. The first-order valence-electron chi connectivity index (χ1n) is 10.8. The molecule has 0 amide bonds. The molecule has 34 heavy (non-hydrogen) atoms. The molecule has 1 unspecified atom stereocenters. The maximum atomic E-state index is 12.8. The number of carboxylic acids is 1. The Hall–Kier alpha value is -2.20. The van der Waals surface area contributed by atoms with Crippen molar-refractivity contribution in [2.24, 2.45) is 0 Å². The molecule has 0 radical (unpaired) electrons. The van der Waals surface area contributed by atoms with Gasteiger partial charge in [-0.05, 0) is 68.8 Å². The Morgan fingerprint density at radius 3 is 2.71 bits per heavy atom. The van der Waals surface area contributed by atoms with E-state index in [9.17, 15) is 13.2 Å². The minimum absolute atomic E-state index is 0.00703. The predicted molar refractivity (Wildman–Crippen MR) is 135 cm³/mol. The van der Waals surface area contributed by atoms with Gasteiger partial charge in [0.15, 0.2) is 6.61 Å². The van der Waals surface area contributed by atoms with Crippen molar-refractivity contribution in [3.8, 4) is 5.75 Å². The third kappa shape index (κ3) is 6.91. The average molecular weight is 526 g/mol. The van der Waals surface area contributed by atoms with Gasteiger partial charge >= 0.3 is 5.97 Å². The SMILES string of the molecule is Cc1cc(SC(C)CNCCCS(=O)(=O)c2oc3ccc(Cl)cc3c2C)ccc1OCC(=O)O. The standard InChI is InChI=1S/C24H28ClNO6S2/c1-15-11-19(6-8-21(15)31-14-23(27)28)33-16(2)13-26-9-4-10-34(29,30)24-17(3)20-12-18(25)5-7-22(20)32-24/h5-8,11-12,16,26H,4,9-10,13-14H2,1-3H3,(H,27,28). The molecule has 2 aromatic carbocycles. The molecule has 184 valence electrons. The minimum atomic E-state index is -3.54. The summed E-state index contributed by atoms with van der Waals surface area (Å²) in [5.41, 5.74) is 1.98. The number of hydrogen-bond donors (Lipinski definition) is 2. The first-order chi connectivity index (χ1) is 16.1. The Bertz CT molecular complexity index is 1270. The van der Waals surface area contributed by atoms with Gasteiger partial charge in [-0.25, -0.2) is 13.2 Å². The molecule has 1 heterocycles. The Morgan fingerprint density at radius 2 is 2.00 bits per heavy atom. The zero-order chi connectivity index (χ0) is 24.9. The summed E-state index contributed by atoms with van der Waals surface area (Å²) < 4.78 is 36.4. The molecular formula is C24H28ClNO6S2. The summed E-state index contributed by atoms with van der Waals surface area (Å²) in [6.45, 7) is 6.61. The summed E-state index contributed by atoms with van der Waals surface area (Å²) >= 11 is 7.70. The van der Waals surface area contributed by atoms with Gasteiger partial charge in [0.05, 0.1) is 5.75 Å². The summed E-state index contributed by atoms with van der Waals surface area (Å²) in [7, 11) is -3.54. The van der Waals surface area contributed by atoms with Crippen LogP contribution in [0.15, 0.2) is 50.8 Å². The molecule has 0 aliphatic rings. The molecule has 1 atom stereocenters. The van der Waals surface area contributed by atoms with Gasteiger partial charge in [0.25, 0.3) is 0 Å². The summed E-state index contributed by atoms with van der Waals surface area (Å²) in [5.74, 6) is -0.461. The van der Waals surface area contributed by atoms with Gasteiger partial charge in [0.2, 0.25) is 14.9 Å². The Balaban J connectivity index is 1.45. The van der Waals surface area contributed by atoms with Crippen LogP contribution in [0.25, 0.3) is 11.0 Å². The average Bonchev–Trinajstić information content (AvgIpc) is 3.09. The van der Waals surface area contributed by atoms with Crippen molar-refractivity contribution >= 4 is 50.1 Å². The number of hydrogen-bond acceptors (Lipinski definition) is 7. The van der Waals surface area contributed by atoms with Crippen LogP contribution in [0.4, 0.5) is 0 Å². The fourth-order valence-electron chi connectivity index (χ4n) is 3.52. The Labute approximate surface area is 208 Å². The molecule has 3 aromatic rings. The van der Waals surface area contributed by atoms with Crippen molar-refractivity contribution in [1.82, 2.24) is 5.32 Å². The molecule has 3 rings (SSSR count). The van der Waals surface area contributed by atoms with Crippen LogP contribution in [0.1, 0.15) is 24.5 Å². The normalized spacial score (nSPS) is 12.7. The summed E-state index contributed by atoms with van der Waals surface area (Å²) in [4.78, 5) is 11.7. The second-order valence-electron chi connectivity index (χ2n) is 8.07. The zero-order valence-corrected chi connectivity index (χ0v) is 21.6. The first kappa shape index (κ1) is 26.4. The number of aliphatic carboxylic acids is 1. The maximum Gasteiger partial charge on any atom is 0.341 e. The summed E-state index contributed by atoms with van der Waals surface area (Å²) in [6.07, 6.45) is 0.464. The molecule has 1 aromatic heterocycles. The lowest BCUT2D eigenvalue weighted by Gasteiger charge is -2.14. The van der Waals surface area contributed by atoms with E-state index in [1.165, 1.54) is 0 Å². The van der Waals surface area contributed by atoms with Gasteiger partial charge in [0.1, 0.15) is 11.3 Å². The highest BCUT2D eigenvalue weighted by molar-refractivity contribution is 8.00. The number of halogens is 1. The van der Waals surface area contributed by atoms with Crippen molar-refractivity contribution in [3.05, 3.63) is 52.5 Å². The van der Waals surface area contributed by atoms with E-state index >= 15 is 0 Å². The fourth-order valence-corrected chi connectivity index (χ4v) is 6.26. The van der Waals surface area contributed by atoms with Crippen molar-refractivity contribution in [1.29, 1.82) is 0 Å². The van der Waals surface area contributed by atoms with E-state index in [0.29, 0.717) is 46.8 Å². The van der Waals surface area contributed by atoms with Crippen LogP contribution in [0.3, 0.4) is 0 Å². The molecule has 0 saturated carbocycles. The molecule has 10 heteroatoms. The predicted octanol–water partition coefficient (Wildman–Crippen LogP) is 5.10. The number of thioether (sulfide) groups is 1. The number of ether oxygens (including phenoxy) is 1. The van der Waals surface area contributed by atoms with E-state index in [-0.39, 0.29) is 22.7 Å². The van der Waals surface area contributed by atoms with Crippen LogP contribution in [-0.2, 0) is 14.6 Å². The number of carbonyl (C=O) groups is 1. The third-order valence-corrected chi connectivity index (χ3v) is 8.28. The van der Waals surface area contributed by atoms with Gasteiger partial charge in [-0.15, -0.1) is 11.8 Å². The first-order valence-corrected chi connectivity index (χ1v) is 13.7. The van der Waals surface area contributed by atoms with Gasteiger partial charge in [0, 0.05) is 32.7 Å². The number of nitrogens with one attached hydrogen (secondary N) is 1. The number of fused-ring (bicyclic) bond motifs is 1. The number of benzene rings is 2. The molecule has 2 N–H and O–H groups in total. The van der Waals surface area contributed by atoms with Crippen molar-refractivity contribution < 1.29 is 27.5 Å². The van der Waals surface area contributed by atoms with E-state index in [1.807, 2.05) is 19.1 Å². The molecule has 0 saturated heterocycles. The molecule has 0 bridgehead atoms. The van der Waals surface area contributed by atoms with Crippen LogP contribution in [0.2, 0.25) is 5.02 Å². The highest BCUT2D eigenvalue weighted by Gasteiger charge is 2.23. The summed E-state index contributed by atoms with van der Waals surface area (Å²) in [6, 6.07) is 10.7. The third-order valence-electron chi connectivity index (χ3n) is 5.17. The summed E-state index contributed by atoms with van der Waals surface area (Å²) in [5, 5.41) is 13.6. The van der Waals surface area contributed by atoms with E-state index in [0.717, 1.165) is 10.5 Å². The topological polar surface area (TPSA) is 106 Å². The van der Waals surface area contributed by atoms with E-state index in [4.69, 9.17) is 25.9 Å². The number of aryl methyl sites for hydroxylation is 2. The molecule has 0 spiro atoms. The number of sulfone groups is 1. The second-order valence-corrected chi connectivity index (χ2v) is 12.0. The van der Waals surface area contributed by atoms with Gasteiger partial charge in [-0.1, -0.05) is 18.5 Å². The minimum Gasteiger partial charge on any atom is -0.482 e. The second kappa shape index (κ2) is 11.5. The van der Waals surface area contributed by atoms with Crippen LogP contribution < -0.4 is 10.1 Å². The molecular weight excluding hydrogens is 498 g/mol. The van der Waals surface area contributed by atoms with E-state index in [1.54, 1.807) is 43.0 Å². The number of furan rings is 1. The van der Waals surface area contributed by atoms with Gasteiger partial charge in [-0.2, -0.15) is 0 Å². The zero-order valence-electron chi connectivity index (χ0n) is 19.3. The number of rotatable bonds is 12. The van der Waals surface area contributed by atoms with E-state index < -0.39 is 15.8 Å². The Kier molecular flexibility index (Phi) is 8.92. The van der Waals surface area contributed by atoms with Crippen LogP contribution in [0, 0.1) is 13.8 Å². The maximum absolute atomic E-state index is 12.8. The molecule has 0 aliphatic heterocycles. The molecule has 0 fully saturated rings. The van der Waals surface area contributed by atoms with Crippen molar-refractivity contribution in [3.63, 3.8) is 0 Å². The quantitative estimate of drug-likeness (QED) is 0.248. The number of carboxylic acid groups (broad SMARTS) is 1. The van der Waals surface area contributed by atoms with Crippen LogP contribution in [0.5, 0.6) is 5.75 Å². The Morgan fingerprint density at radius 1 is 1.24 bits per heavy atom. The van der Waals surface area contributed by atoms with Gasteiger partial charge in [-0.3, -0.25) is 0 Å². The van der Waals surface area contributed by atoms with Crippen molar-refractivity contribution in [2.45, 2.75) is 42.4 Å². The van der Waals surface area contributed by atoms with E-state index in [2.05, 4.69) is 12.2 Å². The van der Waals surface area contributed by atoms with Crippen LogP contribution in [-0.4, -0.2) is 50.2 Å². The monoisotopic (exact) mass is 525 g/mol. The lowest BCUT2D eigenvalue weighted by atomic mass is 10.2. The highest BCUT2D eigenvalue weighted by atomic mass is 35.5.